The van der Waals surface area contributed by atoms with E-state index in [9.17, 15) is 0 Å². The Balaban J connectivity index is 0. The fraction of sp³-hybridized carbons (Fsp3) is 0.400. The van der Waals surface area contributed by atoms with E-state index in [-0.39, 0.29) is 42.4 Å². The third-order valence-corrected chi connectivity index (χ3v) is 4.53. The van der Waals surface area contributed by atoms with E-state index in [2.05, 4.69) is 65.8 Å². The highest BCUT2D eigenvalue weighted by molar-refractivity contribution is 5.85. The zero-order chi connectivity index (χ0) is 16.6. The number of benzene rings is 2. The van der Waals surface area contributed by atoms with Crippen molar-refractivity contribution in [2.75, 3.05) is 0 Å². The van der Waals surface area contributed by atoms with E-state index < -0.39 is 0 Å². The van der Waals surface area contributed by atoms with Crippen molar-refractivity contribution in [1.82, 2.24) is 0 Å². The molecule has 2 aromatic carbocycles. The molecular weight excluding hydrogens is 355 g/mol. The van der Waals surface area contributed by atoms with Crippen LogP contribution in [0.2, 0.25) is 0 Å². The van der Waals surface area contributed by atoms with Gasteiger partial charge in [-0.2, -0.15) is 0 Å². The van der Waals surface area contributed by atoms with E-state index in [4.69, 9.17) is 11.5 Å². The van der Waals surface area contributed by atoms with Gasteiger partial charge in [-0.3, -0.25) is 0 Å². The average molecular weight is 387 g/mol. The molecule has 0 spiro atoms. The van der Waals surface area contributed by atoms with E-state index in [0.717, 1.165) is 0 Å². The van der Waals surface area contributed by atoms with E-state index in [0.29, 0.717) is 0 Å². The Morgan fingerprint density at radius 3 is 0.960 bits per heavy atom. The lowest BCUT2D eigenvalue weighted by molar-refractivity contribution is 0.563. The second kappa shape index (κ2) is 10.1. The quantitative estimate of drug-likeness (QED) is 0.825. The summed E-state index contributed by atoms with van der Waals surface area (Å²) in [6.07, 6.45) is 0. The summed E-state index contributed by atoms with van der Waals surface area (Å²) in [5.41, 5.74) is 22.9. The van der Waals surface area contributed by atoms with Crippen LogP contribution in [-0.4, -0.2) is 5.48 Å². The SMILES string of the molecule is Cc1cc(C)c([C@H](N)[C@@H](N)c2c(C)cc(C)cc2C)c(C)c1.Cl.Cl.O. The number of nitrogens with two attached hydrogens (primary N) is 2. The normalized spacial score (nSPS) is 12.3. The molecule has 2 atom stereocenters. The lowest BCUT2D eigenvalue weighted by Gasteiger charge is -2.27. The molecule has 5 heteroatoms. The Labute approximate surface area is 164 Å². The number of aryl methyl sites for hydroxylation is 6. The van der Waals surface area contributed by atoms with Crippen molar-refractivity contribution in [3.63, 3.8) is 0 Å². The van der Waals surface area contributed by atoms with Gasteiger partial charge in [0.2, 0.25) is 0 Å². The molecule has 0 unspecified atom stereocenters. The number of hydrogen-bond acceptors (Lipinski definition) is 2. The van der Waals surface area contributed by atoms with Crippen LogP contribution in [0.5, 0.6) is 0 Å². The van der Waals surface area contributed by atoms with Crippen LogP contribution in [0.3, 0.4) is 0 Å². The molecule has 142 valence electrons. The first-order chi connectivity index (χ1) is 10.2. The summed E-state index contributed by atoms with van der Waals surface area (Å²) < 4.78 is 0. The summed E-state index contributed by atoms with van der Waals surface area (Å²) in [4.78, 5) is 0. The first kappa shape index (κ1) is 26.1. The van der Waals surface area contributed by atoms with Gasteiger partial charge in [-0.05, 0) is 74.9 Å². The molecule has 0 aromatic heterocycles. The summed E-state index contributed by atoms with van der Waals surface area (Å²) in [6, 6.07) is 8.35. The molecule has 0 amide bonds. The third kappa shape index (κ3) is 5.44. The molecule has 2 aromatic rings. The molecular formula is C20H32Cl2N2O. The Bertz CT molecular complexity index is 609. The van der Waals surface area contributed by atoms with Gasteiger partial charge in [0.05, 0.1) is 0 Å². The van der Waals surface area contributed by atoms with Crippen molar-refractivity contribution in [2.45, 2.75) is 53.6 Å². The minimum absolute atomic E-state index is 0. The Hall–Kier alpha value is -1.10. The monoisotopic (exact) mass is 386 g/mol. The smallest absolute Gasteiger partial charge is 0.0496 e. The first-order valence-electron chi connectivity index (χ1n) is 7.89. The molecule has 25 heavy (non-hydrogen) atoms. The minimum Gasteiger partial charge on any atom is -0.412 e. The van der Waals surface area contributed by atoms with Crippen LogP contribution in [0.4, 0.5) is 0 Å². The van der Waals surface area contributed by atoms with Gasteiger partial charge in [0.15, 0.2) is 0 Å². The molecule has 2 rings (SSSR count). The Morgan fingerprint density at radius 2 is 0.760 bits per heavy atom. The van der Waals surface area contributed by atoms with E-state index >= 15 is 0 Å². The van der Waals surface area contributed by atoms with Gasteiger partial charge in [0, 0.05) is 12.1 Å². The molecule has 3 nitrogen and oxygen atoms in total. The van der Waals surface area contributed by atoms with Crippen LogP contribution in [-0.2, 0) is 0 Å². The fourth-order valence-corrected chi connectivity index (χ4v) is 3.79. The molecule has 0 aliphatic rings. The summed E-state index contributed by atoms with van der Waals surface area (Å²) in [5, 5.41) is 0. The topological polar surface area (TPSA) is 83.5 Å². The first-order valence-corrected chi connectivity index (χ1v) is 7.89. The van der Waals surface area contributed by atoms with Gasteiger partial charge < -0.3 is 16.9 Å². The van der Waals surface area contributed by atoms with Crippen LogP contribution in [0.15, 0.2) is 24.3 Å². The summed E-state index contributed by atoms with van der Waals surface area (Å²) in [6.45, 7) is 12.7. The van der Waals surface area contributed by atoms with E-state index in [1.165, 1.54) is 44.5 Å². The van der Waals surface area contributed by atoms with E-state index in [1.54, 1.807) is 0 Å². The van der Waals surface area contributed by atoms with Crippen molar-refractivity contribution >= 4 is 24.8 Å². The number of rotatable bonds is 3. The van der Waals surface area contributed by atoms with Gasteiger partial charge in [-0.15, -0.1) is 24.8 Å². The average Bonchev–Trinajstić information content (AvgIpc) is 2.35. The summed E-state index contributed by atoms with van der Waals surface area (Å²) in [7, 11) is 0. The van der Waals surface area contributed by atoms with Crippen LogP contribution in [0, 0.1) is 41.5 Å². The highest BCUT2D eigenvalue weighted by atomic mass is 35.5. The summed E-state index contributed by atoms with van der Waals surface area (Å²) >= 11 is 0. The van der Waals surface area contributed by atoms with Crippen molar-refractivity contribution in [2.24, 2.45) is 11.5 Å². The second-order valence-electron chi connectivity index (χ2n) is 6.68. The van der Waals surface area contributed by atoms with Gasteiger partial charge >= 0.3 is 0 Å². The standard InChI is InChI=1S/C20H28N2.2ClH.H2O/c1-11-7-13(3)17(14(4)8-11)19(21)20(22)18-15(5)9-12(2)10-16(18)6;;;/h7-10,19-20H,21-22H2,1-6H3;2*1H;1H2/t19-,20-;;;/m0.../s1. The molecule has 0 fully saturated rings. The fourth-order valence-electron chi connectivity index (χ4n) is 3.79. The maximum Gasteiger partial charge on any atom is 0.0496 e. The molecule has 0 aliphatic carbocycles. The molecule has 0 bridgehead atoms. The molecule has 0 saturated carbocycles. The van der Waals surface area contributed by atoms with Crippen LogP contribution >= 0.6 is 24.8 Å². The van der Waals surface area contributed by atoms with Crippen molar-refractivity contribution in [3.05, 3.63) is 68.8 Å². The predicted octanol–water partition coefficient (Wildman–Crippen LogP) is 4.26. The zero-order valence-corrected chi connectivity index (χ0v) is 17.6. The Kier molecular flexibility index (Phi) is 10.6. The molecule has 0 aliphatic heterocycles. The summed E-state index contributed by atoms with van der Waals surface area (Å²) in [5.74, 6) is 0. The number of hydrogen-bond donors (Lipinski definition) is 2. The lowest BCUT2D eigenvalue weighted by atomic mass is 9.85. The predicted molar refractivity (Wildman–Crippen MR) is 113 cm³/mol. The highest BCUT2D eigenvalue weighted by Gasteiger charge is 2.23. The maximum absolute atomic E-state index is 6.57. The van der Waals surface area contributed by atoms with Crippen LogP contribution in [0.1, 0.15) is 56.6 Å². The molecule has 0 heterocycles. The Morgan fingerprint density at radius 1 is 0.560 bits per heavy atom. The third-order valence-electron chi connectivity index (χ3n) is 4.53. The van der Waals surface area contributed by atoms with Crippen LogP contribution < -0.4 is 11.5 Å². The molecule has 0 radical (unpaired) electrons. The van der Waals surface area contributed by atoms with Gasteiger partial charge in [0.25, 0.3) is 0 Å². The highest BCUT2D eigenvalue weighted by Crippen LogP contribution is 2.33. The lowest BCUT2D eigenvalue weighted by Crippen LogP contribution is -2.29. The number of halogens is 2. The van der Waals surface area contributed by atoms with Crippen molar-refractivity contribution in [3.8, 4) is 0 Å². The van der Waals surface area contributed by atoms with Crippen LogP contribution in [0.25, 0.3) is 0 Å². The maximum atomic E-state index is 6.57. The largest absolute Gasteiger partial charge is 0.412 e. The van der Waals surface area contributed by atoms with Crippen molar-refractivity contribution < 1.29 is 5.48 Å². The van der Waals surface area contributed by atoms with Gasteiger partial charge in [-0.25, -0.2) is 0 Å². The zero-order valence-electron chi connectivity index (χ0n) is 15.9. The van der Waals surface area contributed by atoms with Gasteiger partial charge in [0.1, 0.15) is 0 Å². The van der Waals surface area contributed by atoms with Gasteiger partial charge in [-0.1, -0.05) is 35.4 Å². The molecule has 6 N–H and O–H groups in total. The van der Waals surface area contributed by atoms with Crippen molar-refractivity contribution in [1.29, 1.82) is 0 Å². The second-order valence-corrected chi connectivity index (χ2v) is 6.68. The van der Waals surface area contributed by atoms with E-state index in [1.807, 2.05) is 0 Å². The molecule has 0 saturated heterocycles. The minimum atomic E-state index is -0.194.